The van der Waals surface area contributed by atoms with Gasteiger partial charge >= 0.3 is 0 Å². The molecule has 1 atom stereocenters. The van der Waals surface area contributed by atoms with E-state index in [0.717, 1.165) is 47.4 Å². The Morgan fingerprint density at radius 2 is 2.00 bits per heavy atom. The molecule has 35 heavy (non-hydrogen) atoms. The lowest BCUT2D eigenvalue weighted by Gasteiger charge is -2.34. The Labute approximate surface area is 209 Å². The van der Waals surface area contributed by atoms with Gasteiger partial charge in [0.15, 0.2) is 0 Å². The van der Waals surface area contributed by atoms with Crippen LogP contribution in [0.5, 0.6) is 0 Å². The minimum atomic E-state index is -0.134. The molecule has 1 aromatic heterocycles. The van der Waals surface area contributed by atoms with Gasteiger partial charge < -0.3 is 20.2 Å². The number of H-pyrrole nitrogens is 1. The van der Waals surface area contributed by atoms with Crippen LogP contribution in [0.1, 0.15) is 17.5 Å². The molecule has 4 aromatic rings. The molecule has 178 valence electrons. The highest BCUT2D eigenvalue weighted by molar-refractivity contribution is 6.33. The molecule has 0 amide bonds. The molecule has 6 nitrogen and oxygen atoms in total. The van der Waals surface area contributed by atoms with Crippen LogP contribution in [0.2, 0.25) is 5.02 Å². The van der Waals surface area contributed by atoms with Crippen molar-refractivity contribution in [3.8, 4) is 22.6 Å². The van der Waals surface area contributed by atoms with Gasteiger partial charge in [-0.25, -0.2) is 4.98 Å². The number of carbonyl (C=O) groups excluding carboxylic acids is 1. The number of aldehydes is 1. The summed E-state index contributed by atoms with van der Waals surface area (Å²) in [5.74, 6) is 0.716. The van der Waals surface area contributed by atoms with E-state index in [1.165, 1.54) is 11.1 Å². The Balaban J connectivity index is 1.38. The molecule has 1 aliphatic heterocycles. The number of nitrogens with one attached hydrogen (secondary N) is 2. The summed E-state index contributed by atoms with van der Waals surface area (Å²) in [6.45, 7) is 1.49. The summed E-state index contributed by atoms with van der Waals surface area (Å²) in [4.78, 5) is 21.1. The first-order valence-corrected chi connectivity index (χ1v) is 12.1. The summed E-state index contributed by atoms with van der Waals surface area (Å²) < 4.78 is 0. The number of imidazole rings is 1. The predicted molar refractivity (Wildman–Crippen MR) is 140 cm³/mol. The first-order valence-electron chi connectivity index (χ1n) is 11.7. The van der Waals surface area contributed by atoms with Crippen LogP contribution in [0.25, 0.3) is 22.6 Å². The second-order valence-electron chi connectivity index (χ2n) is 8.73. The van der Waals surface area contributed by atoms with E-state index >= 15 is 0 Å². The minimum Gasteiger partial charge on any atom is -0.395 e. The fraction of sp³-hybridized carbons (Fsp3) is 0.214. The van der Waals surface area contributed by atoms with Crippen molar-refractivity contribution in [2.75, 3.05) is 18.5 Å². The van der Waals surface area contributed by atoms with Gasteiger partial charge in [-0.15, -0.1) is 0 Å². The molecule has 3 N–H and O–H groups in total. The third-order valence-electron chi connectivity index (χ3n) is 6.55. The van der Waals surface area contributed by atoms with Crippen LogP contribution < -0.4 is 5.32 Å². The van der Waals surface area contributed by atoms with Crippen LogP contribution in [0, 0.1) is 0 Å². The van der Waals surface area contributed by atoms with Crippen molar-refractivity contribution >= 4 is 29.3 Å². The lowest BCUT2D eigenvalue weighted by atomic mass is 9.96. The van der Waals surface area contributed by atoms with Gasteiger partial charge in [0.25, 0.3) is 0 Å². The highest BCUT2D eigenvalue weighted by atomic mass is 35.5. The number of aromatic nitrogens is 2. The molecule has 3 aromatic carbocycles. The summed E-state index contributed by atoms with van der Waals surface area (Å²) in [7, 11) is 0. The Hall–Kier alpha value is -3.45. The van der Waals surface area contributed by atoms with Crippen LogP contribution in [0.3, 0.4) is 0 Å². The van der Waals surface area contributed by atoms with Gasteiger partial charge in [0.05, 0.1) is 23.5 Å². The van der Waals surface area contributed by atoms with Crippen molar-refractivity contribution < 1.29 is 9.90 Å². The van der Waals surface area contributed by atoms with Crippen molar-refractivity contribution in [1.82, 2.24) is 14.9 Å². The van der Waals surface area contributed by atoms with E-state index in [0.29, 0.717) is 23.8 Å². The number of carbonyl (C=O) groups is 1. The third kappa shape index (κ3) is 5.00. The van der Waals surface area contributed by atoms with Crippen molar-refractivity contribution in [1.29, 1.82) is 0 Å². The first-order chi connectivity index (χ1) is 17.2. The molecular weight excluding hydrogens is 460 g/mol. The summed E-state index contributed by atoms with van der Waals surface area (Å²) in [6.07, 6.45) is 3.89. The average Bonchev–Trinajstić information content (AvgIpc) is 3.39. The Bertz CT molecular complexity index is 1320. The molecule has 7 heteroatoms. The van der Waals surface area contributed by atoms with E-state index in [2.05, 4.69) is 32.3 Å². The van der Waals surface area contributed by atoms with Crippen LogP contribution in [0.15, 0.2) is 72.9 Å². The summed E-state index contributed by atoms with van der Waals surface area (Å²) in [5, 5.41) is 13.9. The molecule has 1 aliphatic rings. The van der Waals surface area contributed by atoms with Crippen molar-refractivity contribution in [3.63, 3.8) is 0 Å². The van der Waals surface area contributed by atoms with E-state index in [1.54, 1.807) is 0 Å². The Kier molecular flexibility index (Phi) is 6.95. The van der Waals surface area contributed by atoms with Crippen molar-refractivity contribution in [2.45, 2.75) is 25.4 Å². The smallest absolute Gasteiger partial charge is 0.139 e. The minimum absolute atomic E-state index is 0.0155. The van der Waals surface area contributed by atoms with Crippen LogP contribution in [0.4, 0.5) is 11.4 Å². The van der Waals surface area contributed by atoms with Gasteiger partial charge in [-0.3, -0.25) is 4.90 Å². The van der Waals surface area contributed by atoms with Crippen LogP contribution in [-0.4, -0.2) is 45.5 Å². The third-order valence-corrected chi connectivity index (χ3v) is 6.88. The fourth-order valence-electron chi connectivity index (χ4n) is 4.67. The number of hydrogen-bond acceptors (Lipinski definition) is 5. The largest absolute Gasteiger partial charge is 0.395 e. The lowest BCUT2D eigenvalue weighted by Crippen LogP contribution is -2.41. The number of rotatable bonds is 8. The number of aliphatic hydroxyl groups excluding tert-OH is 1. The molecule has 1 unspecified atom stereocenters. The van der Waals surface area contributed by atoms with Gasteiger partial charge in [-0.1, -0.05) is 54.1 Å². The molecular formula is C28H27ClN4O2. The van der Waals surface area contributed by atoms with Crippen LogP contribution in [-0.2, 0) is 17.8 Å². The lowest BCUT2D eigenvalue weighted by molar-refractivity contribution is -0.109. The average molecular weight is 487 g/mol. The van der Waals surface area contributed by atoms with E-state index in [9.17, 15) is 9.90 Å². The second-order valence-corrected chi connectivity index (χ2v) is 9.14. The zero-order chi connectivity index (χ0) is 24.2. The van der Waals surface area contributed by atoms with Crippen molar-refractivity contribution in [2.24, 2.45) is 0 Å². The highest BCUT2D eigenvalue weighted by Gasteiger charge is 2.24. The van der Waals surface area contributed by atoms with Gasteiger partial charge in [0.2, 0.25) is 0 Å². The molecule has 0 radical (unpaired) electrons. The standard InChI is InChI=1S/C28H27ClN4O2/c29-25-10-9-21(15-24(25)28-30-16-27(32-28)19-5-2-1-3-6-19)31-26-8-4-7-20-17-33(13-11-23(20)26)22(18-35)12-14-34/h1-10,14-16,22,31,35H,11-13,17-18H2,(H,30,32). The number of fused-ring (bicyclic) bond motifs is 1. The number of nitrogens with zero attached hydrogens (tertiary/aromatic N) is 2. The van der Waals surface area contributed by atoms with Gasteiger partial charge in [0.1, 0.15) is 12.1 Å². The normalized spacial score (nSPS) is 14.3. The molecule has 0 saturated heterocycles. The summed E-state index contributed by atoms with van der Waals surface area (Å²) in [5.41, 5.74) is 7.27. The number of anilines is 2. The van der Waals surface area contributed by atoms with E-state index in [1.807, 2.05) is 60.8 Å². The van der Waals surface area contributed by atoms with E-state index in [-0.39, 0.29) is 12.6 Å². The predicted octanol–water partition coefficient (Wildman–Crippen LogP) is 5.45. The summed E-state index contributed by atoms with van der Waals surface area (Å²) >= 11 is 6.55. The SMILES string of the molecule is O=CCC(CO)N1CCc2c(cccc2Nc2ccc(Cl)c(-c3ncc(-c4ccccc4)[nH]3)c2)C1. The zero-order valence-electron chi connectivity index (χ0n) is 19.2. The number of hydrogen-bond donors (Lipinski definition) is 3. The maximum absolute atomic E-state index is 11.0. The van der Waals surface area contributed by atoms with Gasteiger partial charge in [-0.2, -0.15) is 0 Å². The monoisotopic (exact) mass is 486 g/mol. The number of aliphatic hydroxyl groups is 1. The molecule has 2 heterocycles. The Morgan fingerprint density at radius 1 is 1.14 bits per heavy atom. The quantitative estimate of drug-likeness (QED) is 0.288. The van der Waals surface area contributed by atoms with Crippen LogP contribution >= 0.6 is 11.6 Å². The second kappa shape index (κ2) is 10.4. The van der Waals surface area contributed by atoms with Crippen molar-refractivity contribution in [3.05, 3.63) is 89.1 Å². The molecule has 0 bridgehead atoms. The maximum Gasteiger partial charge on any atom is 0.139 e. The fourth-order valence-corrected chi connectivity index (χ4v) is 4.88. The van der Waals surface area contributed by atoms with Gasteiger partial charge in [0, 0.05) is 42.5 Å². The highest BCUT2D eigenvalue weighted by Crippen LogP contribution is 2.34. The molecule has 0 fully saturated rings. The number of benzene rings is 3. The van der Waals surface area contributed by atoms with E-state index < -0.39 is 0 Å². The summed E-state index contributed by atoms with van der Waals surface area (Å²) in [6, 6.07) is 22.0. The first kappa shape index (κ1) is 23.3. The molecule has 0 spiro atoms. The molecule has 5 rings (SSSR count). The molecule has 0 aliphatic carbocycles. The van der Waals surface area contributed by atoms with Gasteiger partial charge in [-0.05, 0) is 47.4 Å². The van der Waals surface area contributed by atoms with E-state index in [4.69, 9.17) is 11.6 Å². The number of halogens is 1. The Morgan fingerprint density at radius 3 is 2.80 bits per heavy atom. The topological polar surface area (TPSA) is 81.2 Å². The molecule has 0 saturated carbocycles. The maximum atomic E-state index is 11.0. The number of aromatic amines is 1. The zero-order valence-corrected chi connectivity index (χ0v) is 20.0.